The van der Waals surface area contributed by atoms with Crippen LogP contribution in [-0.2, 0) is 11.3 Å². The summed E-state index contributed by atoms with van der Waals surface area (Å²) in [5.41, 5.74) is 1.94. The first kappa shape index (κ1) is 10.4. The molecule has 76 valence electrons. The molecule has 0 bridgehead atoms. The second kappa shape index (κ2) is 4.04. The molecule has 0 aliphatic carbocycles. The molecule has 1 aromatic heterocycles. The van der Waals surface area contributed by atoms with E-state index in [1.807, 2.05) is 0 Å². The van der Waals surface area contributed by atoms with Crippen molar-refractivity contribution in [1.29, 1.82) is 0 Å². The zero-order valence-corrected chi connectivity index (χ0v) is 8.50. The van der Waals surface area contributed by atoms with E-state index in [-0.39, 0.29) is 12.5 Å². The molecular weight excluding hydrogens is 182 g/mol. The predicted octanol–water partition coefficient (Wildman–Crippen LogP) is 0.0584. The van der Waals surface area contributed by atoms with Crippen LogP contribution in [0.2, 0.25) is 0 Å². The smallest absolute Gasteiger partial charge is 0.241 e. The molecule has 0 fully saturated rings. The fourth-order valence-corrected chi connectivity index (χ4v) is 1.25. The van der Waals surface area contributed by atoms with Crippen molar-refractivity contribution >= 4 is 12.2 Å². The number of hydrogen-bond donors (Lipinski definition) is 1. The Labute approximate surface area is 82.1 Å². The molecule has 14 heavy (non-hydrogen) atoms. The molecule has 0 aromatic carbocycles. The third kappa shape index (κ3) is 1.81. The summed E-state index contributed by atoms with van der Waals surface area (Å²) in [7, 11) is 1.56. The highest BCUT2D eigenvalue weighted by molar-refractivity contribution is 5.79. The number of carbonyl (C=O) groups excluding carboxylic acids is 2. The largest absolute Gasteiger partial charge is 0.358 e. The van der Waals surface area contributed by atoms with Crippen LogP contribution in [0.5, 0.6) is 0 Å². The second-order valence-electron chi connectivity index (χ2n) is 3.03. The van der Waals surface area contributed by atoms with Gasteiger partial charge in [-0.3, -0.25) is 14.3 Å². The topological polar surface area (TPSA) is 64.0 Å². The zero-order chi connectivity index (χ0) is 10.7. The SMILES string of the molecule is CNC(=O)Cn1nc(C)c(C=O)c1C. The van der Waals surface area contributed by atoms with Crippen molar-refractivity contribution in [3.63, 3.8) is 0 Å². The van der Waals surface area contributed by atoms with Crippen molar-refractivity contribution < 1.29 is 9.59 Å². The Bertz CT molecular complexity index is 368. The van der Waals surface area contributed by atoms with Crippen LogP contribution in [0.15, 0.2) is 0 Å². The van der Waals surface area contributed by atoms with Crippen molar-refractivity contribution in [2.75, 3.05) is 7.05 Å². The van der Waals surface area contributed by atoms with Crippen LogP contribution in [0.25, 0.3) is 0 Å². The molecule has 5 heteroatoms. The minimum atomic E-state index is -0.131. The summed E-state index contributed by atoms with van der Waals surface area (Å²) in [4.78, 5) is 21.7. The van der Waals surface area contributed by atoms with Crippen LogP contribution in [0, 0.1) is 13.8 Å². The van der Waals surface area contributed by atoms with Crippen LogP contribution in [0.3, 0.4) is 0 Å². The van der Waals surface area contributed by atoms with Gasteiger partial charge in [-0.1, -0.05) is 0 Å². The Hall–Kier alpha value is -1.65. The monoisotopic (exact) mass is 195 g/mol. The van der Waals surface area contributed by atoms with Gasteiger partial charge in [0.1, 0.15) is 6.54 Å². The average Bonchev–Trinajstić information content (AvgIpc) is 2.42. The van der Waals surface area contributed by atoms with Crippen molar-refractivity contribution in [2.24, 2.45) is 0 Å². The number of nitrogens with one attached hydrogen (secondary N) is 1. The number of nitrogens with zero attached hydrogens (tertiary/aromatic N) is 2. The molecule has 5 nitrogen and oxygen atoms in total. The molecule has 0 saturated carbocycles. The highest BCUT2D eigenvalue weighted by Crippen LogP contribution is 2.09. The Morgan fingerprint density at radius 1 is 1.57 bits per heavy atom. The highest BCUT2D eigenvalue weighted by atomic mass is 16.2. The molecule has 1 rings (SSSR count). The van der Waals surface area contributed by atoms with Crippen molar-refractivity contribution in [1.82, 2.24) is 15.1 Å². The number of aldehydes is 1. The molecule has 0 radical (unpaired) electrons. The summed E-state index contributed by atoms with van der Waals surface area (Å²) in [5, 5.41) is 6.59. The number of amides is 1. The maximum absolute atomic E-state index is 11.1. The summed E-state index contributed by atoms with van der Waals surface area (Å²) in [6, 6.07) is 0. The number of aromatic nitrogens is 2. The lowest BCUT2D eigenvalue weighted by Gasteiger charge is -2.02. The van der Waals surface area contributed by atoms with Gasteiger partial charge >= 0.3 is 0 Å². The molecular formula is C9H13N3O2. The van der Waals surface area contributed by atoms with Gasteiger partial charge in [0, 0.05) is 12.7 Å². The number of aryl methyl sites for hydroxylation is 1. The lowest BCUT2D eigenvalue weighted by atomic mass is 10.2. The Morgan fingerprint density at radius 3 is 2.64 bits per heavy atom. The molecule has 0 unspecified atom stereocenters. The van der Waals surface area contributed by atoms with Crippen LogP contribution in [0.1, 0.15) is 21.7 Å². The normalized spacial score (nSPS) is 9.93. The Kier molecular flexibility index (Phi) is 3.01. The van der Waals surface area contributed by atoms with Gasteiger partial charge in [-0.15, -0.1) is 0 Å². The fraction of sp³-hybridized carbons (Fsp3) is 0.444. The molecule has 1 N–H and O–H groups in total. The summed E-state index contributed by atoms with van der Waals surface area (Å²) in [6.07, 6.45) is 0.762. The number of carbonyl (C=O) groups is 2. The third-order valence-corrected chi connectivity index (χ3v) is 2.13. The maximum Gasteiger partial charge on any atom is 0.241 e. The van der Waals surface area contributed by atoms with Gasteiger partial charge in [0.2, 0.25) is 5.91 Å². The Balaban J connectivity index is 2.99. The second-order valence-corrected chi connectivity index (χ2v) is 3.03. The Morgan fingerprint density at radius 2 is 2.21 bits per heavy atom. The van der Waals surface area contributed by atoms with E-state index < -0.39 is 0 Å². The quantitative estimate of drug-likeness (QED) is 0.693. The molecule has 0 aliphatic rings. The molecule has 0 spiro atoms. The van der Waals surface area contributed by atoms with Gasteiger partial charge in [0.05, 0.1) is 11.3 Å². The van der Waals surface area contributed by atoms with E-state index in [4.69, 9.17) is 0 Å². The first-order valence-corrected chi connectivity index (χ1v) is 4.30. The lowest BCUT2D eigenvalue weighted by molar-refractivity contribution is -0.121. The number of rotatable bonds is 3. The van der Waals surface area contributed by atoms with E-state index in [1.54, 1.807) is 20.9 Å². The summed E-state index contributed by atoms with van der Waals surface area (Å²) < 4.78 is 1.53. The van der Waals surface area contributed by atoms with E-state index in [9.17, 15) is 9.59 Å². The lowest BCUT2D eigenvalue weighted by Crippen LogP contribution is -2.24. The van der Waals surface area contributed by atoms with E-state index in [0.717, 1.165) is 12.0 Å². The summed E-state index contributed by atoms with van der Waals surface area (Å²) in [5.74, 6) is -0.131. The van der Waals surface area contributed by atoms with Gasteiger partial charge in [-0.2, -0.15) is 5.10 Å². The third-order valence-electron chi connectivity index (χ3n) is 2.13. The first-order valence-electron chi connectivity index (χ1n) is 4.30. The van der Waals surface area contributed by atoms with Gasteiger partial charge in [-0.25, -0.2) is 0 Å². The van der Waals surface area contributed by atoms with Gasteiger partial charge in [0.15, 0.2) is 6.29 Å². The average molecular weight is 195 g/mol. The molecule has 1 amide bonds. The van der Waals surface area contributed by atoms with Crippen LogP contribution >= 0.6 is 0 Å². The van der Waals surface area contributed by atoms with Crippen LogP contribution in [0.4, 0.5) is 0 Å². The number of likely N-dealkylation sites (N-methyl/N-ethyl adjacent to an activating group) is 1. The van der Waals surface area contributed by atoms with E-state index in [2.05, 4.69) is 10.4 Å². The van der Waals surface area contributed by atoms with Crippen molar-refractivity contribution in [2.45, 2.75) is 20.4 Å². The number of hydrogen-bond acceptors (Lipinski definition) is 3. The molecule has 0 atom stereocenters. The van der Waals surface area contributed by atoms with Gasteiger partial charge in [-0.05, 0) is 13.8 Å². The van der Waals surface area contributed by atoms with E-state index in [1.165, 1.54) is 4.68 Å². The molecule has 0 aliphatic heterocycles. The van der Waals surface area contributed by atoms with Crippen LogP contribution in [-0.4, -0.2) is 29.0 Å². The van der Waals surface area contributed by atoms with E-state index in [0.29, 0.717) is 11.3 Å². The maximum atomic E-state index is 11.1. The van der Waals surface area contributed by atoms with E-state index >= 15 is 0 Å². The molecule has 1 aromatic rings. The van der Waals surface area contributed by atoms with Crippen molar-refractivity contribution in [3.05, 3.63) is 17.0 Å². The first-order chi connectivity index (χ1) is 6.60. The minimum absolute atomic E-state index is 0.131. The van der Waals surface area contributed by atoms with Crippen LogP contribution < -0.4 is 5.32 Å². The summed E-state index contributed by atoms with van der Waals surface area (Å²) in [6.45, 7) is 3.67. The predicted molar refractivity (Wildman–Crippen MR) is 51.2 cm³/mol. The van der Waals surface area contributed by atoms with Gasteiger partial charge in [0.25, 0.3) is 0 Å². The zero-order valence-electron chi connectivity index (χ0n) is 8.50. The summed E-state index contributed by atoms with van der Waals surface area (Å²) >= 11 is 0. The fourth-order valence-electron chi connectivity index (χ4n) is 1.25. The highest BCUT2D eigenvalue weighted by Gasteiger charge is 2.11. The van der Waals surface area contributed by atoms with Gasteiger partial charge < -0.3 is 5.32 Å². The van der Waals surface area contributed by atoms with Crippen molar-refractivity contribution in [3.8, 4) is 0 Å². The standard InChI is InChI=1S/C9H13N3O2/c1-6-8(5-13)7(2)12(11-6)4-9(14)10-3/h5H,4H2,1-3H3,(H,10,14). The molecule has 1 heterocycles. The minimum Gasteiger partial charge on any atom is -0.358 e. The molecule has 0 saturated heterocycles.